The summed E-state index contributed by atoms with van der Waals surface area (Å²) in [6, 6.07) is 11.4. The Bertz CT molecular complexity index is 1000. The number of carboxylic acid groups (broad SMARTS) is 1. The summed E-state index contributed by atoms with van der Waals surface area (Å²) in [5.41, 5.74) is 3.68. The average Bonchev–Trinajstić information content (AvgIpc) is 2.90. The van der Waals surface area contributed by atoms with Crippen molar-refractivity contribution in [3.63, 3.8) is 0 Å². The first-order chi connectivity index (χ1) is 12.0. The lowest BCUT2D eigenvalue weighted by Crippen LogP contribution is -2.16. The zero-order valence-electron chi connectivity index (χ0n) is 13.5. The smallest absolute Gasteiger partial charge is 0.337 e. The number of benzene rings is 2. The van der Waals surface area contributed by atoms with Crippen LogP contribution in [0.4, 0.5) is 4.39 Å². The normalized spacial score (nSPS) is 13.9. The summed E-state index contributed by atoms with van der Waals surface area (Å²) in [5, 5.41) is 10.4. The van der Waals surface area contributed by atoms with E-state index in [9.17, 15) is 19.1 Å². The summed E-state index contributed by atoms with van der Waals surface area (Å²) in [6.07, 6.45) is 1.41. The highest BCUT2D eigenvalue weighted by Gasteiger charge is 2.26. The minimum Gasteiger partial charge on any atom is -0.478 e. The van der Waals surface area contributed by atoms with Crippen molar-refractivity contribution >= 4 is 22.7 Å². The first-order valence-corrected chi connectivity index (χ1v) is 8.17. The molecule has 0 bridgehead atoms. The predicted octanol–water partition coefficient (Wildman–Crippen LogP) is 3.58. The number of carbonyl (C=O) groups excluding carboxylic acids is 1. The third-order valence-corrected chi connectivity index (χ3v) is 4.80. The quantitative estimate of drug-likeness (QED) is 0.795. The molecule has 0 aliphatic heterocycles. The fourth-order valence-electron chi connectivity index (χ4n) is 3.68. The number of halogens is 1. The van der Waals surface area contributed by atoms with E-state index in [2.05, 4.69) is 0 Å². The molecule has 0 atom stereocenters. The van der Waals surface area contributed by atoms with Gasteiger partial charge in [0.1, 0.15) is 11.6 Å². The fraction of sp³-hybridized carbons (Fsp3) is 0.200. The van der Waals surface area contributed by atoms with E-state index in [-0.39, 0.29) is 17.2 Å². The highest BCUT2D eigenvalue weighted by Crippen LogP contribution is 2.33. The van der Waals surface area contributed by atoms with Gasteiger partial charge in [0, 0.05) is 30.5 Å². The Hall–Kier alpha value is -2.95. The zero-order valence-corrected chi connectivity index (χ0v) is 13.5. The molecule has 1 heterocycles. The molecule has 0 saturated carbocycles. The molecule has 0 radical (unpaired) electrons. The SMILES string of the molecule is O=C1CCc2c(c3cccc(C(=O)O)c3n2Cc2ccc(F)cc2)C1. The molecule has 1 aromatic heterocycles. The molecular formula is C20H16FNO3. The van der Waals surface area contributed by atoms with E-state index in [1.54, 1.807) is 24.3 Å². The minimum absolute atomic E-state index is 0.175. The maximum absolute atomic E-state index is 13.2. The third kappa shape index (κ3) is 2.61. The van der Waals surface area contributed by atoms with Crippen LogP contribution in [-0.4, -0.2) is 21.4 Å². The number of hydrogen-bond donors (Lipinski definition) is 1. The monoisotopic (exact) mass is 337 g/mol. The van der Waals surface area contributed by atoms with E-state index in [0.29, 0.717) is 31.3 Å². The van der Waals surface area contributed by atoms with E-state index in [1.807, 2.05) is 10.6 Å². The van der Waals surface area contributed by atoms with Crippen molar-refractivity contribution < 1.29 is 19.1 Å². The van der Waals surface area contributed by atoms with Crippen molar-refractivity contribution in [2.75, 3.05) is 0 Å². The molecule has 0 spiro atoms. The predicted molar refractivity (Wildman–Crippen MR) is 91.4 cm³/mol. The second kappa shape index (κ2) is 5.84. The standard InChI is InChI=1S/C20H16FNO3/c21-13-6-4-12(5-7-13)11-22-18-9-8-14(23)10-17(18)15-2-1-3-16(19(15)22)20(24)25/h1-7H,8-11H2,(H,24,25). The third-order valence-electron chi connectivity index (χ3n) is 4.80. The number of para-hydroxylation sites is 1. The van der Waals surface area contributed by atoms with Crippen molar-refractivity contribution in [2.24, 2.45) is 0 Å². The van der Waals surface area contributed by atoms with Crippen LogP contribution >= 0.6 is 0 Å². The lowest BCUT2D eigenvalue weighted by Gasteiger charge is -2.16. The Morgan fingerprint density at radius 1 is 1.12 bits per heavy atom. The molecule has 126 valence electrons. The van der Waals surface area contributed by atoms with Gasteiger partial charge in [-0.1, -0.05) is 24.3 Å². The first kappa shape index (κ1) is 15.6. The number of rotatable bonds is 3. The summed E-state index contributed by atoms with van der Waals surface area (Å²) < 4.78 is 15.2. The average molecular weight is 337 g/mol. The lowest BCUT2D eigenvalue weighted by molar-refractivity contribution is -0.118. The highest BCUT2D eigenvalue weighted by molar-refractivity contribution is 6.05. The molecule has 0 unspecified atom stereocenters. The van der Waals surface area contributed by atoms with Crippen molar-refractivity contribution in [2.45, 2.75) is 25.8 Å². The molecule has 0 saturated heterocycles. The summed E-state index contributed by atoms with van der Waals surface area (Å²) in [5.74, 6) is -1.12. The molecule has 1 N–H and O–H groups in total. The first-order valence-electron chi connectivity index (χ1n) is 8.17. The number of carboxylic acids is 1. The number of hydrogen-bond acceptors (Lipinski definition) is 2. The Kier molecular flexibility index (Phi) is 3.64. The van der Waals surface area contributed by atoms with Gasteiger partial charge in [-0.25, -0.2) is 9.18 Å². The molecule has 1 aliphatic carbocycles. The molecule has 1 aliphatic rings. The van der Waals surface area contributed by atoms with Gasteiger partial charge < -0.3 is 9.67 Å². The highest BCUT2D eigenvalue weighted by atomic mass is 19.1. The van der Waals surface area contributed by atoms with E-state index in [1.165, 1.54) is 12.1 Å². The van der Waals surface area contributed by atoms with Gasteiger partial charge in [-0.15, -0.1) is 0 Å². The van der Waals surface area contributed by atoms with Crippen LogP contribution in [-0.2, 0) is 24.2 Å². The van der Waals surface area contributed by atoms with Crippen LogP contribution in [0.15, 0.2) is 42.5 Å². The topological polar surface area (TPSA) is 59.3 Å². The Morgan fingerprint density at radius 2 is 1.88 bits per heavy atom. The second-order valence-electron chi connectivity index (χ2n) is 6.36. The van der Waals surface area contributed by atoms with Gasteiger partial charge in [0.15, 0.2) is 0 Å². The second-order valence-corrected chi connectivity index (χ2v) is 6.36. The van der Waals surface area contributed by atoms with Crippen LogP contribution in [0.1, 0.15) is 33.6 Å². The van der Waals surface area contributed by atoms with Gasteiger partial charge in [0.05, 0.1) is 11.1 Å². The molecule has 4 nitrogen and oxygen atoms in total. The van der Waals surface area contributed by atoms with Crippen molar-refractivity contribution in [1.82, 2.24) is 4.57 Å². The maximum Gasteiger partial charge on any atom is 0.337 e. The van der Waals surface area contributed by atoms with Crippen LogP contribution in [0.3, 0.4) is 0 Å². The van der Waals surface area contributed by atoms with Crippen LogP contribution in [0, 0.1) is 5.82 Å². The Balaban J connectivity index is 1.96. The molecular weight excluding hydrogens is 321 g/mol. The lowest BCUT2D eigenvalue weighted by atomic mass is 9.94. The van der Waals surface area contributed by atoms with E-state index < -0.39 is 5.97 Å². The summed E-state index contributed by atoms with van der Waals surface area (Å²) in [4.78, 5) is 23.6. The number of nitrogens with zero attached hydrogens (tertiary/aromatic N) is 1. The number of Topliss-reactive ketones (excluding diaryl/α,β-unsaturated/α-hetero) is 1. The number of aromatic nitrogens is 1. The van der Waals surface area contributed by atoms with Gasteiger partial charge in [-0.3, -0.25) is 4.79 Å². The molecule has 2 aromatic carbocycles. The summed E-state index contributed by atoms with van der Waals surface area (Å²) in [7, 11) is 0. The van der Waals surface area contributed by atoms with Crippen LogP contribution < -0.4 is 0 Å². The van der Waals surface area contributed by atoms with Crippen LogP contribution in [0.5, 0.6) is 0 Å². The minimum atomic E-state index is -0.993. The van der Waals surface area contributed by atoms with Crippen LogP contribution in [0.2, 0.25) is 0 Å². The van der Waals surface area contributed by atoms with Gasteiger partial charge >= 0.3 is 5.97 Å². The van der Waals surface area contributed by atoms with Gasteiger partial charge in [0.2, 0.25) is 0 Å². The van der Waals surface area contributed by atoms with Crippen LogP contribution in [0.25, 0.3) is 10.9 Å². The van der Waals surface area contributed by atoms with Gasteiger partial charge in [0.25, 0.3) is 0 Å². The van der Waals surface area contributed by atoms with Gasteiger partial charge in [-0.2, -0.15) is 0 Å². The number of fused-ring (bicyclic) bond motifs is 3. The number of carbonyl (C=O) groups is 2. The molecule has 0 fully saturated rings. The molecule has 4 rings (SSSR count). The largest absolute Gasteiger partial charge is 0.478 e. The summed E-state index contributed by atoms with van der Waals surface area (Å²) in [6.45, 7) is 0.449. The summed E-state index contributed by atoms with van der Waals surface area (Å²) >= 11 is 0. The number of ketones is 1. The van der Waals surface area contributed by atoms with Gasteiger partial charge in [-0.05, 0) is 35.7 Å². The van der Waals surface area contributed by atoms with Crippen molar-refractivity contribution in [1.29, 1.82) is 0 Å². The Morgan fingerprint density at radius 3 is 2.60 bits per heavy atom. The number of aromatic carboxylic acids is 1. The zero-order chi connectivity index (χ0) is 17.6. The molecule has 5 heteroatoms. The van der Waals surface area contributed by atoms with Crippen molar-refractivity contribution in [3.8, 4) is 0 Å². The fourth-order valence-corrected chi connectivity index (χ4v) is 3.68. The molecule has 25 heavy (non-hydrogen) atoms. The van der Waals surface area contributed by atoms with Crippen molar-refractivity contribution in [3.05, 3.63) is 70.7 Å². The van der Waals surface area contributed by atoms with E-state index in [4.69, 9.17) is 0 Å². The molecule has 3 aromatic rings. The van der Waals surface area contributed by atoms with E-state index in [0.717, 1.165) is 22.2 Å². The molecule has 0 amide bonds. The maximum atomic E-state index is 13.2. The van der Waals surface area contributed by atoms with E-state index >= 15 is 0 Å². The Labute approximate surface area is 143 Å².